The third-order valence-corrected chi connectivity index (χ3v) is 5.55. The second-order valence-electron chi connectivity index (χ2n) is 9.46. The van der Waals surface area contributed by atoms with Crippen LogP contribution in [0.1, 0.15) is 52.0 Å². The Morgan fingerprint density at radius 1 is 1.21 bits per heavy atom. The van der Waals surface area contributed by atoms with E-state index in [1.165, 1.54) is 6.33 Å². The molecule has 4 rings (SSSR count). The summed E-state index contributed by atoms with van der Waals surface area (Å²) in [5.41, 5.74) is 7.92. The standard InChI is InChI=1S/C24H30N6O4/c1-24(2,3)34-23(32)29-18(22(31)33-17-9-4-5-10-17)12-15-7-6-8-16(11-15)30-14-28-19-20(25)26-13-27-21(19)30/h6-8,11,13-14,17-18H,4-5,9-10,12H2,1-3H3,(H,29,32)(H2,25,26,27)/t18-/m0/s1. The Bertz CT molecular complexity index is 1180. The highest BCUT2D eigenvalue weighted by Crippen LogP contribution is 2.23. The van der Waals surface area contributed by atoms with E-state index < -0.39 is 23.7 Å². The number of nitrogens with zero attached hydrogens (tertiary/aromatic N) is 4. The van der Waals surface area contributed by atoms with Crippen LogP contribution in [0.25, 0.3) is 16.9 Å². The van der Waals surface area contributed by atoms with Crippen LogP contribution >= 0.6 is 0 Å². The number of carbonyl (C=O) groups is 2. The molecule has 1 aliphatic rings. The van der Waals surface area contributed by atoms with Gasteiger partial charge in [0.05, 0.1) is 0 Å². The van der Waals surface area contributed by atoms with Crippen LogP contribution in [0.5, 0.6) is 0 Å². The molecule has 0 aliphatic heterocycles. The number of nitrogens with one attached hydrogen (secondary N) is 1. The molecule has 1 amide bonds. The van der Waals surface area contributed by atoms with Gasteiger partial charge in [-0.15, -0.1) is 0 Å². The lowest BCUT2D eigenvalue weighted by atomic mass is 10.0. The van der Waals surface area contributed by atoms with Crippen molar-refractivity contribution in [2.75, 3.05) is 5.73 Å². The number of anilines is 1. The van der Waals surface area contributed by atoms with Crippen LogP contribution in [0.15, 0.2) is 36.9 Å². The lowest BCUT2D eigenvalue weighted by Gasteiger charge is -2.24. The maximum Gasteiger partial charge on any atom is 0.408 e. The van der Waals surface area contributed by atoms with E-state index in [1.807, 2.05) is 24.3 Å². The van der Waals surface area contributed by atoms with Gasteiger partial charge in [0.1, 0.15) is 30.4 Å². The average Bonchev–Trinajstić information content (AvgIpc) is 3.42. The number of nitrogens with two attached hydrogens (primary N) is 1. The SMILES string of the molecule is CC(C)(C)OC(=O)N[C@@H](Cc1cccc(-n2cnc3c(N)ncnc32)c1)C(=O)OC1CCCC1. The maximum absolute atomic E-state index is 13.0. The summed E-state index contributed by atoms with van der Waals surface area (Å²) >= 11 is 0. The van der Waals surface area contributed by atoms with Gasteiger partial charge in [-0.25, -0.2) is 24.5 Å². The van der Waals surface area contributed by atoms with E-state index >= 15 is 0 Å². The molecule has 10 nitrogen and oxygen atoms in total. The van der Waals surface area contributed by atoms with Crippen molar-refractivity contribution in [1.29, 1.82) is 0 Å². The van der Waals surface area contributed by atoms with Crippen molar-refractivity contribution in [2.24, 2.45) is 0 Å². The van der Waals surface area contributed by atoms with Crippen LogP contribution in [0, 0.1) is 0 Å². The number of rotatable bonds is 6. The molecule has 0 saturated heterocycles. The second kappa shape index (κ2) is 9.66. The minimum atomic E-state index is -0.886. The van der Waals surface area contributed by atoms with E-state index in [0.29, 0.717) is 17.0 Å². The van der Waals surface area contributed by atoms with Crippen LogP contribution in [0.2, 0.25) is 0 Å². The Kier molecular flexibility index (Phi) is 6.67. The molecular formula is C24H30N6O4. The van der Waals surface area contributed by atoms with E-state index in [1.54, 1.807) is 31.7 Å². The highest BCUT2D eigenvalue weighted by Gasteiger charge is 2.29. The number of aromatic nitrogens is 4. The quantitative estimate of drug-likeness (QED) is 0.528. The van der Waals surface area contributed by atoms with E-state index in [2.05, 4.69) is 20.3 Å². The average molecular weight is 467 g/mol. The molecule has 0 unspecified atom stereocenters. The summed E-state index contributed by atoms with van der Waals surface area (Å²) < 4.78 is 12.9. The Balaban J connectivity index is 1.56. The van der Waals surface area contributed by atoms with Crippen molar-refractivity contribution in [3.8, 4) is 5.69 Å². The Labute approximate surface area is 197 Å². The van der Waals surface area contributed by atoms with Crippen LogP contribution in [0.3, 0.4) is 0 Å². The predicted molar refractivity (Wildman–Crippen MR) is 126 cm³/mol. The van der Waals surface area contributed by atoms with Crippen molar-refractivity contribution in [3.05, 3.63) is 42.5 Å². The van der Waals surface area contributed by atoms with Gasteiger partial charge >= 0.3 is 12.1 Å². The van der Waals surface area contributed by atoms with Gasteiger partial charge in [0.15, 0.2) is 17.0 Å². The largest absolute Gasteiger partial charge is 0.461 e. The molecule has 0 spiro atoms. The highest BCUT2D eigenvalue weighted by molar-refractivity contribution is 5.83. The zero-order valence-corrected chi connectivity index (χ0v) is 19.7. The fraction of sp³-hybridized carbons (Fsp3) is 0.458. The topological polar surface area (TPSA) is 134 Å². The van der Waals surface area contributed by atoms with Crippen molar-refractivity contribution in [1.82, 2.24) is 24.8 Å². The van der Waals surface area contributed by atoms with Crippen LogP contribution in [0.4, 0.5) is 10.6 Å². The first-order valence-electron chi connectivity index (χ1n) is 11.4. The first kappa shape index (κ1) is 23.5. The van der Waals surface area contributed by atoms with E-state index in [-0.39, 0.29) is 12.5 Å². The monoisotopic (exact) mass is 466 g/mol. The molecule has 3 aromatic rings. The lowest BCUT2D eigenvalue weighted by molar-refractivity contribution is -0.151. The summed E-state index contributed by atoms with van der Waals surface area (Å²) in [6.45, 7) is 5.31. The summed E-state index contributed by atoms with van der Waals surface area (Å²) in [5.74, 6) is -0.159. The summed E-state index contributed by atoms with van der Waals surface area (Å²) in [4.78, 5) is 38.0. The molecule has 1 aliphatic carbocycles. The fourth-order valence-corrected chi connectivity index (χ4v) is 4.01. The summed E-state index contributed by atoms with van der Waals surface area (Å²) in [7, 11) is 0. The number of ether oxygens (including phenoxy) is 2. The Hall–Kier alpha value is -3.69. The van der Waals surface area contributed by atoms with Gasteiger partial charge < -0.3 is 20.5 Å². The second-order valence-corrected chi connectivity index (χ2v) is 9.46. The molecule has 34 heavy (non-hydrogen) atoms. The number of carbonyl (C=O) groups excluding carboxylic acids is 2. The minimum absolute atomic E-state index is 0.107. The molecule has 1 aromatic carbocycles. The molecule has 0 bridgehead atoms. The zero-order valence-electron chi connectivity index (χ0n) is 19.7. The van der Waals surface area contributed by atoms with Gasteiger partial charge in [-0.2, -0.15) is 0 Å². The molecule has 1 atom stereocenters. The molecule has 0 radical (unpaired) electrons. The third kappa shape index (κ3) is 5.62. The number of nitrogen functional groups attached to an aromatic ring is 1. The number of imidazole rings is 1. The van der Waals surface area contributed by atoms with Crippen LogP contribution < -0.4 is 11.1 Å². The van der Waals surface area contributed by atoms with Gasteiger partial charge in [0, 0.05) is 12.1 Å². The number of hydrogen-bond donors (Lipinski definition) is 2. The predicted octanol–water partition coefficient (Wildman–Crippen LogP) is 3.32. The van der Waals surface area contributed by atoms with Gasteiger partial charge in [0.2, 0.25) is 0 Å². The van der Waals surface area contributed by atoms with Crippen molar-refractivity contribution >= 4 is 29.0 Å². The zero-order chi connectivity index (χ0) is 24.3. The van der Waals surface area contributed by atoms with Crippen molar-refractivity contribution in [2.45, 2.75) is 70.6 Å². The maximum atomic E-state index is 13.0. The number of hydrogen-bond acceptors (Lipinski definition) is 8. The molecule has 2 heterocycles. The van der Waals surface area contributed by atoms with E-state index in [0.717, 1.165) is 36.9 Å². The smallest absolute Gasteiger partial charge is 0.408 e. The van der Waals surface area contributed by atoms with Gasteiger partial charge in [0.25, 0.3) is 0 Å². The molecule has 180 valence electrons. The summed E-state index contributed by atoms with van der Waals surface area (Å²) in [6, 6.07) is 6.68. The number of amides is 1. The van der Waals surface area contributed by atoms with Crippen LogP contribution in [-0.4, -0.2) is 49.3 Å². The first-order chi connectivity index (χ1) is 16.2. The molecule has 10 heteroatoms. The van der Waals surface area contributed by atoms with Crippen molar-refractivity contribution < 1.29 is 19.1 Å². The molecule has 2 aromatic heterocycles. The highest BCUT2D eigenvalue weighted by atomic mass is 16.6. The Morgan fingerprint density at radius 3 is 2.71 bits per heavy atom. The van der Waals surface area contributed by atoms with Gasteiger partial charge in [-0.3, -0.25) is 4.57 Å². The summed E-state index contributed by atoms with van der Waals surface area (Å²) in [5, 5.41) is 2.70. The Morgan fingerprint density at radius 2 is 1.97 bits per heavy atom. The number of esters is 1. The number of alkyl carbamates (subject to hydrolysis) is 1. The molecule has 1 saturated carbocycles. The first-order valence-corrected chi connectivity index (χ1v) is 11.4. The van der Waals surface area contributed by atoms with Gasteiger partial charge in [-0.1, -0.05) is 12.1 Å². The van der Waals surface area contributed by atoms with E-state index in [4.69, 9.17) is 15.2 Å². The van der Waals surface area contributed by atoms with Crippen molar-refractivity contribution in [3.63, 3.8) is 0 Å². The minimum Gasteiger partial charge on any atom is -0.461 e. The fourth-order valence-electron chi connectivity index (χ4n) is 4.01. The summed E-state index contributed by atoms with van der Waals surface area (Å²) in [6.07, 6.45) is 6.25. The molecule has 1 fully saturated rings. The molecule has 3 N–H and O–H groups in total. The number of benzene rings is 1. The van der Waals surface area contributed by atoms with Gasteiger partial charge in [-0.05, 0) is 64.2 Å². The number of fused-ring (bicyclic) bond motifs is 1. The van der Waals surface area contributed by atoms with Crippen LogP contribution in [-0.2, 0) is 20.7 Å². The van der Waals surface area contributed by atoms with E-state index in [9.17, 15) is 9.59 Å². The lowest BCUT2D eigenvalue weighted by Crippen LogP contribution is -2.46. The molecular weight excluding hydrogens is 436 g/mol. The normalized spacial score (nSPS) is 15.3. The third-order valence-electron chi connectivity index (χ3n) is 5.55.